The summed E-state index contributed by atoms with van der Waals surface area (Å²) in [6, 6.07) is 9.44. The molecule has 4 rings (SSSR count). The SMILES string of the molecule is CCCCOC(=O)C1C(C)=NC2=C(C(=O)C[C@@H](c3ccc(OC)c(OC)c3)C2)[C@@H]1c1cc(Br)c(OC)c(OC)c1. The van der Waals surface area contributed by atoms with E-state index in [-0.39, 0.29) is 24.1 Å². The normalized spacial score (nSPS) is 20.4. The van der Waals surface area contributed by atoms with Gasteiger partial charge in [-0.3, -0.25) is 14.6 Å². The molecule has 1 unspecified atom stereocenters. The molecule has 0 amide bonds. The number of unbranched alkanes of at least 4 members (excludes halogenated alkanes) is 1. The highest BCUT2D eigenvalue weighted by molar-refractivity contribution is 9.10. The van der Waals surface area contributed by atoms with Crippen LogP contribution in [0.3, 0.4) is 0 Å². The zero-order valence-electron chi connectivity index (χ0n) is 23.8. The fourth-order valence-corrected chi connectivity index (χ4v) is 6.21. The molecule has 0 aromatic heterocycles. The van der Waals surface area contributed by atoms with Gasteiger partial charge in [0, 0.05) is 29.3 Å². The molecule has 0 fully saturated rings. The molecular formula is C31H36BrNO7. The number of hydrogen-bond acceptors (Lipinski definition) is 8. The largest absolute Gasteiger partial charge is 0.493 e. The summed E-state index contributed by atoms with van der Waals surface area (Å²) in [5.74, 6) is 0.451. The molecule has 2 aromatic carbocycles. The summed E-state index contributed by atoms with van der Waals surface area (Å²) in [4.78, 5) is 32.3. The second-order valence-corrected chi connectivity index (χ2v) is 10.8. The Hall–Kier alpha value is -3.33. The number of aliphatic imine (C=N–C) groups is 1. The summed E-state index contributed by atoms with van der Waals surface area (Å²) < 4.78 is 28.3. The summed E-state index contributed by atoms with van der Waals surface area (Å²) in [5, 5.41) is 0. The van der Waals surface area contributed by atoms with Gasteiger partial charge < -0.3 is 23.7 Å². The van der Waals surface area contributed by atoms with E-state index in [9.17, 15) is 9.59 Å². The van der Waals surface area contributed by atoms with Crippen molar-refractivity contribution >= 4 is 33.4 Å². The number of nitrogens with zero attached hydrogens (tertiary/aromatic N) is 1. The Morgan fingerprint density at radius 1 is 0.950 bits per heavy atom. The second-order valence-electron chi connectivity index (χ2n) is 9.97. The number of benzene rings is 2. The molecule has 0 bridgehead atoms. The zero-order chi connectivity index (χ0) is 29.0. The first-order chi connectivity index (χ1) is 19.3. The summed E-state index contributed by atoms with van der Waals surface area (Å²) in [6.07, 6.45) is 2.51. The first kappa shape index (κ1) is 29.6. The quantitative estimate of drug-likeness (QED) is 0.226. The number of ether oxygens (including phenoxy) is 5. The Morgan fingerprint density at radius 2 is 1.65 bits per heavy atom. The van der Waals surface area contributed by atoms with Crippen LogP contribution in [-0.4, -0.2) is 52.5 Å². The third-order valence-corrected chi connectivity index (χ3v) is 8.17. The van der Waals surface area contributed by atoms with Gasteiger partial charge in [0.05, 0.1) is 39.5 Å². The van der Waals surface area contributed by atoms with Crippen molar-refractivity contribution in [1.82, 2.24) is 0 Å². The van der Waals surface area contributed by atoms with E-state index >= 15 is 0 Å². The highest BCUT2D eigenvalue weighted by Crippen LogP contribution is 2.49. The van der Waals surface area contributed by atoms with E-state index in [1.165, 1.54) is 0 Å². The molecule has 1 heterocycles. The van der Waals surface area contributed by atoms with Gasteiger partial charge in [-0.25, -0.2) is 0 Å². The molecule has 214 valence electrons. The van der Waals surface area contributed by atoms with Crippen molar-refractivity contribution in [3.8, 4) is 23.0 Å². The average Bonchev–Trinajstić information content (AvgIpc) is 2.95. The molecule has 0 saturated heterocycles. The lowest BCUT2D eigenvalue weighted by Crippen LogP contribution is -2.38. The Kier molecular flexibility index (Phi) is 9.56. The summed E-state index contributed by atoms with van der Waals surface area (Å²) in [5.41, 5.74) is 3.59. The number of carbonyl (C=O) groups is 2. The van der Waals surface area contributed by atoms with Crippen LogP contribution in [0, 0.1) is 5.92 Å². The van der Waals surface area contributed by atoms with Gasteiger partial charge in [0.2, 0.25) is 0 Å². The molecule has 2 aromatic rings. The van der Waals surface area contributed by atoms with Crippen LogP contribution < -0.4 is 18.9 Å². The van der Waals surface area contributed by atoms with E-state index in [4.69, 9.17) is 28.7 Å². The molecule has 1 aliphatic carbocycles. The predicted octanol–water partition coefficient (Wildman–Crippen LogP) is 6.40. The lowest BCUT2D eigenvalue weighted by molar-refractivity contribution is -0.146. The smallest absolute Gasteiger partial charge is 0.315 e. The van der Waals surface area contributed by atoms with Gasteiger partial charge in [0.15, 0.2) is 28.8 Å². The van der Waals surface area contributed by atoms with Crippen molar-refractivity contribution in [3.63, 3.8) is 0 Å². The Labute approximate surface area is 243 Å². The standard InChI is InChI=1S/C31H36BrNO7/c1-7-8-11-40-31(35)27-17(2)33-22-13-19(18-9-10-24(36-3)25(15-18)37-4)14-23(34)29(22)28(27)20-12-21(32)30(39-6)26(16-20)38-5/h9-10,12,15-16,19,27-28H,7-8,11,13-14H2,1-6H3/t19-,27?,28+/m0/s1. The fourth-order valence-electron chi connectivity index (χ4n) is 5.59. The van der Waals surface area contributed by atoms with Crippen molar-refractivity contribution in [3.05, 3.63) is 57.2 Å². The van der Waals surface area contributed by atoms with Crippen LogP contribution in [0.25, 0.3) is 0 Å². The first-order valence-corrected chi connectivity index (χ1v) is 14.2. The van der Waals surface area contributed by atoms with E-state index in [0.29, 0.717) is 57.5 Å². The number of esters is 1. The van der Waals surface area contributed by atoms with Gasteiger partial charge >= 0.3 is 5.97 Å². The van der Waals surface area contributed by atoms with Gasteiger partial charge in [-0.1, -0.05) is 19.4 Å². The molecule has 3 atom stereocenters. The topological polar surface area (TPSA) is 92.7 Å². The average molecular weight is 615 g/mol. The van der Waals surface area contributed by atoms with Gasteiger partial charge in [-0.2, -0.15) is 0 Å². The van der Waals surface area contributed by atoms with Crippen LogP contribution in [0.5, 0.6) is 23.0 Å². The molecule has 0 spiro atoms. The number of ketones is 1. The summed E-state index contributed by atoms with van der Waals surface area (Å²) in [6.45, 7) is 4.20. The van der Waals surface area contributed by atoms with Crippen molar-refractivity contribution in [2.75, 3.05) is 35.0 Å². The van der Waals surface area contributed by atoms with Gasteiger partial charge in [0.1, 0.15) is 5.92 Å². The van der Waals surface area contributed by atoms with Crippen molar-refractivity contribution in [2.45, 2.75) is 51.4 Å². The van der Waals surface area contributed by atoms with Crippen molar-refractivity contribution in [2.24, 2.45) is 10.9 Å². The fraction of sp³-hybridized carbons (Fsp3) is 0.452. The van der Waals surface area contributed by atoms with Crippen LogP contribution in [0.1, 0.15) is 62.5 Å². The minimum Gasteiger partial charge on any atom is -0.493 e. The van der Waals surface area contributed by atoms with E-state index in [1.54, 1.807) is 28.4 Å². The Bertz CT molecular complexity index is 1350. The maximum atomic E-state index is 14.0. The zero-order valence-corrected chi connectivity index (χ0v) is 25.4. The summed E-state index contributed by atoms with van der Waals surface area (Å²) in [7, 11) is 6.30. The minimum absolute atomic E-state index is 0.0421. The third-order valence-electron chi connectivity index (χ3n) is 7.58. The highest BCUT2D eigenvalue weighted by atomic mass is 79.9. The number of methoxy groups -OCH3 is 4. The van der Waals surface area contributed by atoms with Gasteiger partial charge in [-0.15, -0.1) is 0 Å². The molecular weight excluding hydrogens is 578 g/mol. The number of halogens is 1. The lowest BCUT2D eigenvalue weighted by Gasteiger charge is -2.37. The van der Waals surface area contributed by atoms with Crippen LogP contribution in [0.2, 0.25) is 0 Å². The lowest BCUT2D eigenvalue weighted by atomic mass is 9.69. The van der Waals surface area contributed by atoms with Crippen LogP contribution in [0.15, 0.2) is 51.1 Å². The molecule has 8 nitrogen and oxygen atoms in total. The van der Waals surface area contributed by atoms with Crippen molar-refractivity contribution < 1.29 is 33.3 Å². The molecule has 40 heavy (non-hydrogen) atoms. The number of hydrogen-bond donors (Lipinski definition) is 0. The monoisotopic (exact) mass is 613 g/mol. The van der Waals surface area contributed by atoms with E-state index < -0.39 is 11.8 Å². The maximum absolute atomic E-state index is 14.0. The van der Waals surface area contributed by atoms with E-state index in [1.807, 2.05) is 44.2 Å². The third kappa shape index (κ3) is 5.75. The highest BCUT2D eigenvalue weighted by Gasteiger charge is 2.45. The maximum Gasteiger partial charge on any atom is 0.315 e. The minimum atomic E-state index is -0.734. The Morgan fingerprint density at radius 3 is 2.30 bits per heavy atom. The molecule has 0 saturated carbocycles. The summed E-state index contributed by atoms with van der Waals surface area (Å²) >= 11 is 3.58. The predicted molar refractivity (Wildman–Crippen MR) is 156 cm³/mol. The van der Waals surface area contributed by atoms with E-state index in [0.717, 1.165) is 24.0 Å². The molecule has 9 heteroatoms. The number of Topliss-reactive ketones (excluding diaryl/α,β-unsaturated/α-hetero) is 1. The molecule has 0 N–H and O–H groups in total. The second kappa shape index (κ2) is 12.9. The number of rotatable bonds is 10. The van der Waals surface area contributed by atoms with E-state index in [2.05, 4.69) is 15.9 Å². The Balaban J connectivity index is 1.81. The first-order valence-electron chi connectivity index (χ1n) is 13.4. The van der Waals surface area contributed by atoms with Crippen LogP contribution in [0.4, 0.5) is 0 Å². The van der Waals surface area contributed by atoms with Gasteiger partial charge in [-0.05, 0) is 77.0 Å². The van der Waals surface area contributed by atoms with Crippen LogP contribution >= 0.6 is 15.9 Å². The molecule has 0 radical (unpaired) electrons. The van der Waals surface area contributed by atoms with Gasteiger partial charge in [0.25, 0.3) is 0 Å². The molecule has 1 aliphatic heterocycles. The number of allylic oxidation sites excluding steroid dienone is 2. The van der Waals surface area contributed by atoms with Crippen LogP contribution in [-0.2, 0) is 14.3 Å². The van der Waals surface area contributed by atoms with Crippen molar-refractivity contribution in [1.29, 1.82) is 0 Å². The number of carbonyl (C=O) groups excluding carboxylic acids is 2. The molecule has 2 aliphatic rings.